The number of halogens is 4. The fourth-order valence-electron chi connectivity index (χ4n) is 3.07. The number of hydrogen-bond donors (Lipinski definition) is 1. The second-order valence-corrected chi connectivity index (χ2v) is 7.14. The summed E-state index contributed by atoms with van der Waals surface area (Å²) in [6.45, 7) is 0. The van der Waals surface area contributed by atoms with Gasteiger partial charge < -0.3 is 9.52 Å². The molecule has 8 heteroatoms. The average Bonchev–Trinajstić information content (AvgIpc) is 3.16. The number of hydrogen-bond acceptors (Lipinski definition) is 3. The van der Waals surface area contributed by atoms with Gasteiger partial charge in [-0.1, -0.05) is 34.1 Å². The third-order valence-electron chi connectivity index (χ3n) is 4.36. The molecular formula is C21H11BrF3NO3. The van der Waals surface area contributed by atoms with Crippen molar-refractivity contribution in [3.63, 3.8) is 0 Å². The molecule has 4 nitrogen and oxygen atoms in total. The van der Waals surface area contributed by atoms with Crippen LogP contribution in [0.15, 0.2) is 69.6 Å². The highest BCUT2D eigenvalue weighted by atomic mass is 79.9. The third kappa shape index (κ3) is 3.63. The molecule has 146 valence electrons. The topological polar surface area (TPSA) is 63.3 Å². The molecule has 4 aromatic rings. The standard InChI is InChI=1S/C21H11BrF3NO3/c22-11-5-6-16-13(9-11)14(20(27)28)10-17(26-16)19-8-7-18(29-19)12-3-1-2-4-15(12)21(23,24)25/h1-10H,(H,27,28). The molecular weight excluding hydrogens is 451 g/mol. The predicted molar refractivity (Wildman–Crippen MR) is 105 cm³/mol. The van der Waals surface area contributed by atoms with E-state index in [9.17, 15) is 23.1 Å². The highest BCUT2D eigenvalue weighted by Gasteiger charge is 2.34. The van der Waals surface area contributed by atoms with Crippen molar-refractivity contribution >= 4 is 32.8 Å². The molecule has 2 heterocycles. The number of aromatic nitrogens is 1. The molecule has 0 saturated carbocycles. The number of carboxylic acid groups (broad SMARTS) is 1. The fraction of sp³-hybridized carbons (Fsp3) is 0.0476. The third-order valence-corrected chi connectivity index (χ3v) is 4.85. The molecule has 0 spiro atoms. The summed E-state index contributed by atoms with van der Waals surface area (Å²) in [6, 6.07) is 14.3. The first-order valence-corrected chi connectivity index (χ1v) is 9.14. The lowest BCUT2D eigenvalue weighted by molar-refractivity contribution is -0.137. The Bertz CT molecular complexity index is 1250. The number of rotatable bonds is 3. The predicted octanol–water partition coefficient (Wildman–Crippen LogP) is 6.64. The van der Waals surface area contributed by atoms with Gasteiger partial charge in [0, 0.05) is 15.4 Å². The van der Waals surface area contributed by atoms with E-state index >= 15 is 0 Å². The maximum atomic E-state index is 13.3. The van der Waals surface area contributed by atoms with E-state index in [-0.39, 0.29) is 28.3 Å². The van der Waals surface area contributed by atoms with Gasteiger partial charge in [-0.2, -0.15) is 13.2 Å². The van der Waals surface area contributed by atoms with E-state index in [4.69, 9.17) is 4.42 Å². The van der Waals surface area contributed by atoms with Crippen LogP contribution in [0.5, 0.6) is 0 Å². The lowest BCUT2D eigenvalue weighted by Gasteiger charge is -2.10. The van der Waals surface area contributed by atoms with E-state index < -0.39 is 17.7 Å². The molecule has 1 N–H and O–H groups in total. The van der Waals surface area contributed by atoms with Gasteiger partial charge in [-0.3, -0.25) is 0 Å². The molecule has 2 aromatic carbocycles. The van der Waals surface area contributed by atoms with Gasteiger partial charge in [-0.05, 0) is 42.5 Å². The lowest BCUT2D eigenvalue weighted by atomic mass is 10.1. The quantitative estimate of drug-likeness (QED) is 0.371. The van der Waals surface area contributed by atoms with E-state index in [2.05, 4.69) is 20.9 Å². The lowest BCUT2D eigenvalue weighted by Crippen LogP contribution is -2.06. The van der Waals surface area contributed by atoms with Gasteiger partial charge in [0.25, 0.3) is 0 Å². The minimum atomic E-state index is -4.53. The summed E-state index contributed by atoms with van der Waals surface area (Å²) in [5, 5.41) is 9.99. The van der Waals surface area contributed by atoms with Crippen molar-refractivity contribution in [2.45, 2.75) is 6.18 Å². The van der Waals surface area contributed by atoms with Crippen LogP contribution < -0.4 is 0 Å². The van der Waals surface area contributed by atoms with E-state index in [0.29, 0.717) is 15.4 Å². The van der Waals surface area contributed by atoms with E-state index in [1.54, 1.807) is 18.2 Å². The summed E-state index contributed by atoms with van der Waals surface area (Å²) < 4.78 is 46.2. The van der Waals surface area contributed by atoms with Crippen LogP contribution in [-0.4, -0.2) is 16.1 Å². The number of nitrogens with zero attached hydrogens (tertiary/aromatic N) is 1. The molecule has 0 unspecified atom stereocenters. The van der Waals surface area contributed by atoms with Gasteiger partial charge in [-0.15, -0.1) is 0 Å². The molecule has 0 amide bonds. The van der Waals surface area contributed by atoms with E-state index in [1.165, 1.54) is 36.4 Å². The van der Waals surface area contributed by atoms with Crippen LogP contribution in [0.3, 0.4) is 0 Å². The van der Waals surface area contributed by atoms with Gasteiger partial charge in [0.2, 0.25) is 0 Å². The van der Waals surface area contributed by atoms with Crippen molar-refractivity contribution in [3.8, 4) is 22.8 Å². The van der Waals surface area contributed by atoms with Crippen LogP contribution in [0.4, 0.5) is 13.2 Å². The molecule has 0 fully saturated rings. The summed E-state index contributed by atoms with van der Waals surface area (Å²) in [6.07, 6.45) is -4.53. The highest BCUT2D eigenvalue weighted by Crippen LogP contribution is 2.38. The maximum Gasteiger partial charge on any atom is 0.417 e. The summed E-state index contributed by atoms with van der Waals surface area (Å²) in [7, 11) is 0. The summed E-state index contributed by atoms with van der Waals surface area (Å²) in [5.41, 5.74) is -0.262. The number of alkyl halides is 3. The van der Waals surface area contributed by atoms with Crippen molar-refractivity contribution in [2.75, 3.05) is 0 Å². The van der Waals surface area contributed by atoms with Gasteiger partial charge in [0.05, 0.1) is 16.6 Å². The van der Waals surface area contributed by atoms with Gasteiger partial charge in [0.15, 0.2) is 5.76 Å². The van der Waals surface area contributed by atoms with Crippen LogP contribution in [0.1, 0.15) is 15.9 Å². The monoisotopic (exact) mass is 461 g/mol. The first-order valence-electron chi connectivity index (χ1n) is 8.34. The number of furan rings is 1. The van der Waals surface area contributed by atoms with Gasteiger partial charge in [0.1, 0.15) is 11.5 Å². The zero-order chi connectivity index (χ0) is 20.8. The number of carbonyl (C=O) groups is 1. The van der Waals surface area contributed by atoms with Crippen molar-refractivity contribution < 1.29 is 27.5 Å². The average molecular weight is 462 g/mol. The molecule has 0 aliphatic heterocycles. The molecule has 0 aliphatic rings. The number of aromatic carboxylic acids is 1. The van der Waals surface area contributed by atoms with Crippen LogP contribution in [0.2, 0.25) is 0 Å². The first kappa shape index (κ1) is 19.2. The number of benzene rings is 2. The molecule has 0 aliphatic carbocycles. The molecule has 2 aromatic heterocycles. The Morgan fingerprint density at radius 3 is 2.45 bits per heavy atom. The Balaban J connectivity index is 1.85. The largest absolute Gasteiger partial charge is 0.478 e. The zero-order valence-electron chi connectivity index (χ0n) is 14.5. The second-order valence-electron chi connectivity index (χ2n) is 6.23. The highest BCUT2D eigenvalue weighted by molar-refractivity contribution is 9.10. The first-order chi connectivity index (χ1) is 13.7. The van der Waals surface area contributed by atoms with E-state index in [0.717, 1.165) is 6.07 Å². The van der Waals surface area contributed by atoms with Crippen molar-refractivity contribution in [1.29, 1.82) is 0 Å². The van der Waals surface area contributed by atoms with Crippen LogP contribution in [-0.2, 0) is 6.18 Å². The van der Waals surface area contributed by atoms with Crippen molar-refractivity contribution in [2.24, 2.45) is 0 Å². The van der Waals surface area contributed by atoms with Gasteiger partial charge >= 0.3 is 12.1 Å². The Hall–Kier alpha value is -3.13. The minimum Gasteiger partial charge on any atom is -0.478 e. The summed E-state index contributed by atoms with van der Waals surface area (Å²) in [4.78, 5) is 16.1. The Morgan fingerprint density at radius 1 is 1.00 bits per heavy atom. The molecule has 4 rings (SSSR count). The number of carboxylic acids is 1. The zero-order valence-corrected chi connectivity index (χ0v) is 16.1. The maximum absolute atomic E-state index is 13.3. The van der Waals surface area contributed by atoms with Crippen molar-refractivity contribution in [1.82, 2.24) is 4.98 Å². The molecule has 0 bridgehead atoms. The van der Waals surface area contributed by atoms with Crippen LogP contribution in [0.25, 0.3) is 33.7 Å². The number of fused-ring (bicyclic) bond motifs is 1. The van der Waals surface area contributed by atoms with E-state index in [1.807, 2.05) is 0 Å². The Labute approximate surface area is 170 Å². The molecule has 29 heavy (non-hydrogen) atoms. The summed E-state index contributed by atoms with van der Waals surface area (Å²) >= 11 is 3.30. The van der Waals surface area contributed by atoms with Gasteiger partial charge in [-0.25, -0.2) is 9.78 Å². The molecule has 0 atom stereocenters. The van der Waals surface area contributed by atoms with Crippen LogP contribution in [0, 0.1) is 0 Å². The van der Waals surface area contributed by atoms with Crippen molar-refractivity contribution in [3.05, 3.63) is 76.3 Å². The summed E-state index contributed by atoms with van der Waals surface area (Å²) in [5.74, 6) is -0.960. The fourth-order valence-corrected chi connectivity index (χ4v) is 3.43. The smallest absolute Gasteiger partial charge is 0.417 e. The molecule has 0 radical (unpaired) electrons. The SMILES string of the molecule is O=C(O)c1cc(-c2ccc(-c3ccccc3C(F)(F)F)o2)nc2ccc(Br)cc12. The minimum absolute atomic E-state index is 0.0138. The Morgan fingerprint density at radius 2 is 1.72 bits per heavy atom. The second kappa shape index (κ2) is 7.04. The molecule has 0 saturated heterocycles. The Kier molecular flexibility index (Phi) is 4.66. The normalized spacial score (nSPS) is 11.7. The number of pyridine rings is 1. The van der Waals surface area contributed by atoms with Crippen LogP contribution >= 0.6 is 15.9 Å².